The maximum atomic E-state index is 11.9. The van der Waals surface area contributed by atoms with E-state index in [0.717, 1.165) is 17.4 Å². The molecule has 106 valence electrons. The Labute approximate surface area is 127 Å². The van der Waals surface area contributed by atoms with E-state index in [-0.39, 0.29) is 5.91 Å². The fraction of sp³-hybridized carbons (Fsp3) is 0.500. The molecule has 0 heterocycles. The van der Waals surface area contributed by atoms with Gasteiger partial charge in [-0.15, -0.1) is 0 Å². The highest BCUT2D eigenvalue weighted by Crippen LogP contribution is 2.20. The zero-order valence-corrected chi connectivity index (χ0v) is 13.6. The van der Waals surface area contributed by atoms with Crippen molar-refractivity contribution in [2.75, 3.05) is 24.3 Å². The molecule has 3 N–H and O–H groups in total. The van der Waals surface area contributed by atoms with Crippen molar-refractivity contribution in [1.29, 1.82) is 0 Å². The van der Waals surface area contributed by atoms with Crippen molar-refractivity contribution in [3.05, 3.63) is 28.2 Å². The molecule has 0 fully saturated rings. The molecule has 0 spiro atoms. The Morgan fingerprint density at radius 1 is 1.32 bits per heavy atom. The Hall–Kier alpha value is -0.680. The van der Waals surface area contributed by atoms with E-state index in [1.165, 1.54) is 25.0 Å². The average Bonchev–Trinajstić information content (AvgIpc) is 2.40. The molecule has 0 saturated heterocycles. The van der Waals surface area contributed by atoms with E-state index in [1.54, 1.807) is 18.2 Å². The normalized spacial score (nSPS) is 10.4. The summed E-state index contributed by atoms with van der Waals surface area (Å²) in [5, 5.41) is 2.93. The van der Waals surface area contributed by atoms with E-state index >= 15 is 0 Å². The minimum absolute atomic E-state index is 0.0372. The SMILES string of the molecule is CSCCCCCCNC(=O)c1ccc(N)c(Br)c1. The first-order chi connectivity index (χ1) is 9.15. The number of unbranched alkanes of at least 4 members (excludes halogenated alkanes) is 3. The summed E-state index contributed by atoms with van der Waals surface area (Å²) in [5.74, 6) is 1.19. The Bertz CT molecular complexity index is 412. The van der Waals surface area contributed by atoms with Gasteiger partial charge in [0.1, 0.15) is 0 Å². The third-order valence-electron chi connectivity index (χ3n) is 2.82. The molecule has 0 bridgehead atoms. The molecule has 19 heavy (non-hydrogen) atoms. The number of carbonyl (C=O) groups is 1. The van der Waals surface area contributed by atoms with Crippen molar-refractivity contribution in [1.82, 2.24) is 5.32 Å². The summed E-state index contributed by atoms with van der Waals surface area (Å²) in [6.07, 6.45) is 6.84. The lowest BCUT2D eigenvalue weighted by Gasteiger charge is -2.06. The molecule has 0 aliphatic heterocycles. The molecule has 1 aromatic carbocycles. The van der Waals surface area contributed by atoms with Crippen LogP contribution in [0.25, 0.3) is 0 Å². The van der Waals surface area contributed by atoms with Gasteiger partial charge in [-0.3, -0.25) is 4.79 Å². The Kier molecular flexibility index (Phi) is 7.98. The lowest BCUT2D eigenvalue weighted by molar-refractivity contribution is 0.0953. The largest absolute Gasteiger partial charge is 0.398 e. The fourth-order valence-corrected chi connectivity index (χ4v) is 2.57. The standard InChI is InChI=1S/C14H21BrN2OS/c1-19-9-5-3-2-4-8-17-14(18)11-6-7-13(16)12(15)10-11/h6-7,10H,2-5,8-9,16H2,1H3,(H,17,18). The maximum Gasteiger partial charge on any atom is 0.251 e. The number of anilines is 1. The molecule has 1 amide bonds. The molecule has 3 nitrogen and oxygen atoms in total. The Morgan fingerprint density at radius 3 is 2.74 bits per heavy atom. The highest BCUT2D eigenvalue weighted by Gasteiger charge is 2.06. The second kappa shape index (κ2) is 9.26. The number of nitrogens with two attached hydrogens (primary N) is 1. The van der Waals surface area contributed by atoms with Crippen molar-refractivity contribution in [3.8, 4) is 0 Å². The number of benzene rings is 1. The molecule has 0 atom stereocenters. The summed E-state index contributed by atoms with van der Waals surface area (Å²) in [4.78, 5) is 11.9. The van der Waals surface area contributed by atoms with Gasteiger partial charge in [0.15, 0.2) is 0 Å². The quantitative estimate of drug-likeness (QED) is 0.558. The number of nitrogen functional groups attached to an aromatic ring is 1. The number of rotatable bonds is 8. The first kappa shape index (κ1) is 16.4. The van der Waals surface area contributed by atoms with Crippen LogP contribution in [0.5, 0.6) is 0 Å². The van der Waals surface area contributed by atoms with Gasteiger partial charge in [-0.1, -0.05) is 12.8 Å². The van der Waals surface area contributed by atoms with Crippen LogP contribution < -0.4 is 11.1 Å². The van der Waals surface area contributed by atoms with Crippen LogP contribution in [0, 0.1) is 0 Å². The van der Waals surface area contributed by atoms with Crippen molar-refractivity contribution in [3.63, 3.8) is 0 Å². The fourth-order valence-electron chi connectivity index (χ4n) is 1.70. The van der Waals surface area contributed by atoms with Gasteiger partial charge in [0.2, 0.25) is 0 Å². The summed E-state index contributed by atoms with van der Waals surface area (Å²) in [6, 6.07) is 5.23. The summed E-state index contributed by atoms with van der Waals surface area (Å²) < 4.78 is 0.761. The monoisotopic (exact) mass is 344 g/mol. The number of amides is 1. The summed E-state index contributed by atoms with van der Waals surface area (Å²) in [5.41, 5.74) is 6.97. The minimum atomic E-state index is -0.0372. The van der Waals surface area contributed by atoms with Crippen molar-refractivity contribution in [2.24, 2.45) is 0 Å². The number of hydrogen-bond donors (Lipinski definition) is 2. The number of hydrogen-bond acceptors (Lipinski definition) is 3. The zero-order chi connectivity index (χ0) is 14.1. The van der Waals surface area contributed by atoms with Crippen LogP contribution in [-0.2, 0) is 0 Å². The van der Waals surface area contributed by atoms with E-state index in [0.29, 0.717) is 11.3 Å². The summed E-state index contributed by atoms with van der Waals surface area (Å²) in [6.45, 7) is 0.736. The van der Waals surface area contributed by atoms with Gasteiger partial charge in [0.25, 0.3) is 5.91 Å². The molecular formula is C14H21BrN2OS. The van der Waals surface area contributed by atoms with E-state index in [1.807, 2.05) is 11.8 Å². The van der Waals surface area contributed by atoms with Crippen LogP contribution in [0.4, 0.5) is 5.69 Å². The topological polar surface area (TPSA) is 55.1 Å². The highest BCUT2D eigenvalue weighted by atomic mass is 79.9. The predicted octanol–water partition coefficient (Wildman–Crippen LogP) is 3.68. The molecule has 5 heteroatoms. The number of thioether (sulfide) groups is 1. The molecule has 1 rings (SSSR count). The Balaban J connectivity index is 2.22. The highest BCUT2D eigenvalue weighted by molar-refractivity contribution is 9.10. The summed E-state index contributed by atoms with van der Waals surface area (Å²) >= 11 is 5.21. The van der Waals surface area contributed by atoms with Crippen molar-refractivity contribution >= 4 is 39.3 Å². The lowest BCUT2D eigenvalue weighted by Crippen LogP contribution is -2.24. The van der Waals surface area contributed by atoms with Gasteiger partial charge in [0, 0.05) is 22.3 Å². The molecule has 0 unspecified atom stereocenters. The van der Waals surface area contributed by atoms with E-state index in [4.69, 9.17) is 5.73 Å². The molecule has 0 saturated carbocycles. The number of carbonyl (C=O) groups excluding carboxylic acids is 1. The third-order valence-corrected chi connectivity index (χ3v) is 4.21. The third kappa shape index (κ3) is 6.34. The molecule has 0 aliphatic carbocycles. The van der Waals surface area contributed by atoms with Gasteiger partial charge >= 0.3 is 0 Å². The first-order valence-electron chi connectivity index (χ1n) is 6.47. The minimum Gasteiger partial charge on any atom is -0.398 e. The van der Waals surface area contributed by atoms with Crippen molar-refractivity contribution in [2.45, 2.75) is 25.7 Å². The molecule has 0 aromatic heterocycles. The van der Waals surface area contributed by atoms with Gasteiger partial charge < -0.3 is 11.1 Å². The summed E-state index contributed by atoms with van der Waals surface area (Å²) in [7, 11) is 0. The van der Waals surface area contributed by atoms with Gasteiger partial charge in [0.05, 0.1) is 0 Å². The van der Waals surface area contributed by atoms with E-state index in [2.05, 4.69) is 27.5 Å². The van der Waals surface area contributed by atoms with Crippen LogP contribution >= 0.6 is 27.7 Å². The average molecular weight is 345 g/mol. The smallest absolute Gasteiger partial charge is 0.251 e. The van der Waals surface area contributed by atoms with Crippen molar-refractivity contribution < 1.29 is 4.79 Å². The lowest BCUT2D eigenvalue weighted by atomic mass is 10.2. The predicted molar refractivity (Wildman–Crippen MR) is 87.7 cm³/mol. The van der Waals surface area contributed by atoms with Gasteiger partial charge in [-0.2, -0.15) is 11.8 Å². The zero-order valence-electron chi connectivity index (χ0n) is 11.2. The number of halogens is 1. The van der Waals surface area contributed by atoms with Crippen LogP contribution in [0.3, 0.4) is 0 Å². The van der Waals surface area contributed by atoms with Gasteiger partial charge in [-0.25, -0.2) is 0 Å². The van der Waals surface area contributed by atoms with E-state index < -0.39 is 0 Å². The molecular weight excluding hydrogens is 324 g/mol. The second-order valence-corrected chi connectivity index (χ2v) is 6.24. The molecule has 0 radical (unpaired) electrons. The van der Waals surface area contributed by atoms with Crippen LogP contribution in [0.1, 0.15) is 36.0 Å². The van der Waals surface area contributed by atoms with Crippen LogP contribution in [-0.4, -0.2) is 24.5 Å². The molecule has 0 aliphatic rings. The second-order valence-electron chi connectivity index (χ2n) is 4.40. The van der Waals surface area contributed by atoms with Gasteiger partial charge in [-0.05, 0) is 59.0 Å². The number of nitrogens with one attached hydrogen (secondary N) is 1. The van der Waals surface area contributed by atoms with Crippen LogP contribution in [0.2, 0.25) is 0 Å². The van der Waals surface area contributed by atoms with Crippen LogP contribution in [0.15, 0.2) is 22.7 Å². The molecule has 1 aromatic rings. The Morgan fingerprint density at radius 2 is 2.05 bits per heavy atom. The first-order valence-corrected chi connectivity index (χ1v) is 8.66. The maximum absolute atomic E-state index is 11.9. The van der Waals surface area contributed by atoms with E-state index in [9.17, 15) is 4.79 Å².